The Morgan fingerprint density at radius 3 is 2.50 bits per heavy atom. The summed E-state index contributed by atoms with van der Waals surface area (Å²) in [6.07, 6.45) is 1.59. The van der Waals surface area contributed by atoms with E-state index < -0.39 is 16.4 Å². The van der Waals surface area contributed by atoms with Crippen LogP contribution in [0.4, 0.5) is 11.4 Å². The van der Waals surface area contributed by atoms with Gasteiger partial charge in [0, 0.05) is 49.9 Å². The lowest BCUT2D eigenvalue weighted by molar-refractivity contribution is -0.384. The van der Waals surface area contributed by atoms with Gasteiger partial charge in [-0.15, -0.1) is 0 Å². The number of carbonyl (C=O) groups is 1. The van der Waals surface area contributed by atoms with E-state index in [1.54, 1.807) is 12.1 Å². The number of hydrogen-bond acceptors (Lipinski definition) is 6. The zero-order valence-electron chi connectivity index (χ0n) is 13.4. The third-order valence-corrected chi connectivity index (χ3v) is 5.02. The fourth-order valence-electron chi connectivity index (χ4n) is 3.64. The first-order valence-electron chi connectivity index (χ1n) is 8.17. The van der Waals surface area contributed by atoms with E-state index in [-0.39, 0.29) is 11.6 Å². The number of hydrogen-bond donors (Lipinski definition) is 2. The molecule has 1 unspecified atom stereocenters. The SMILES string of the molecule is NC(=O)C1(C2CCN(c3ccc([N+](=O)[O-])cc3)CC2)CNCCO1. The van der Waals surface area contributed by atoms with Crippen molar-refractivity contribution in [2.24, 2.45) is 11.7 Å². The Hall–Kier alpha value is -2.19. The number of nitro groups is 1. The fourth-order valence-corrected chi connectivity index (χ4v) is 3.64. The predicted octanol–water partition coefficient (Wildman–Crippen LogP) is 0.655. The molecule has 0 aromatic heterocycles. The molecule has 1 amide bonds. The van der Waals surface area contributed by atoms with Crippen molar-refractivity contribution in [3.63, 3.8) is 0 Å². The number of piperidine rings is 1. The summed E-state index contributed by atoms with van der Waals surface area (Å²) in [5.41, 5.74) is 5.77. The number of benzene rings is 1. The van der Waals surface area contributed by atoms with Crippen molar-refractivity contribution in [3.05, 3.63) is 34.4 Å². The summed E-state index contributed by atoms with van der Waals surface area (Å²) in [6, 6.07) is 6.56. The lowest BCUT2D eigenvalue weighted by Crippen LogP contribution is -2.63. The monoisotopic (exact) mass is 334 g/mol. The molecule has 24 heavy (non-hydrogen) atoms. The first-order valence-corrected chi connectivity index (χ1v) is 8.17. The molecule has 0 aliphatic carbocycles. The van der Waals surface area contributed by atoms with Crippen molar-refractivity contribution < 1.29 is 14.5 Å². The van der Waals surface area contributed by atoms with E-state index in [4.69, 9.17) is 10.5 Å². The van der Waals surface area contributed by atoms with Gasteiger partial charge in [-0.2, -0.15) is 0 Å². The molecular weight excluding hydrogens is 312 g/mol. The Balaban J connectivity index is 1.66. The Morgan fingerprint density at radius 2 is 2.00 bits per heavy atom. The van der Waals surface area contributed by atoms with Crippen LogP contribution in [0.5, 0.6) is 0 Å². The number of nitrogens with two attached hydrogens (primary N) is 1. The third-order valence-electron chi connectivity index (χ3n) is 5.02. The van der Waals surface area contributed by atoms with Gasteiger partial charge in [0.2, 0.25) is 0 Å². The fraction of sp³-hybridized carbons (Fsp3) is 0.562. The summed E-state index contributed by atoms with van der Waals surface area (Å²) in [5, 5.41) is 13.9. The second-order valence-electron chi connectivity index (χ2n) is 6.31. The van der Waals surface area contributed by atoms with Gasteiger partial charge in [0.1, 0.15) is 0 Å². The van der Waals surface area contributed by atoms with E-state index in [1.807, 2.05) is 0 Å². The van der Waals surface area contributed by atoms with E-state index >= 15 is 0 Å². The minimum absolute atomic E-state index is 0.0806. The standard InChI is InChI=1S/C16H22N4O4/c17-15(21)16(11-18-7-10-24-16)12-5-8-19(9-6-12)13-1-3-14(4-2-13)20(22)23/h1-4,12,18H,5-11H2,(H2,17,21). The van der Waals surface area contributed by atoms with Gasteiger partial charge in [0.25, 0.3) is 11.6 Å². The first kappa shape index (κ1) is 16.7. The van der Waals surface area contributed by atoms with Crippen LogP contribution in [0.15, 0.2) is 24.3 Å². The molecule has 2 fully saturated rings. The quantitative estimate of drug-likeness (QED) is 0.618. The van der Waals surface area contributed by atoms with Crippen LogP contribution in [0.1, 0.15) is 12.8 Å². The summed E-state index contributed by atoms with van der Waals surface area (Å²) in [7, 11) is 0. The molecule has 2 aliphatic heterocycles. The number of nitrogens with zero attached hydrogens (tertiary/aromatic N) is 2. The second-order valence-corrected chi connectivity index (χ2v) is 6.31. The number of primary amides is 1. The molecule has 0 spiro atoms. The third kappa shape index (κ3) is 3.07. The van der Waals surface area contributed by atoms with Crippen molar-refractivity contribution in [1.82, 2.24) is 5.32 Å². The van der Waals surface area contributed by atoms with Gasteiger partial charge >= 0.3 is 0 Å². The topological polar surface area (TPSA) is 111 Å². The summed E-state index contributed by atoms with van der Waals surface area (Å²) >= 11 is 0. The highest BCUT2D eigenvalue weighted by atomic mass is 16.6. The predicted molar refractivity (Wildman–Crippen MR) is 88.8 cm³/mol. The van der Waals surface area contributed by atoms with Crippen molar-refractivity contribution >= 4 is 17.3 Å². The molecule has 0 saturated carbocycles. The van der Waals surface area contributed by atoms with E-state index in [0.29, 0.717) is 13.2 Å². The van der Waals surface area contributed by atoms with Crippen LogP contribution in [0.2, 0.25) is 0 Å². The molecular formula is C16H22N4O4. The molecule has 2 saturated heterocycles. The Kier molecular flexibility index (Phi) is 4.68. The summed E-state index contributed by atoms with van der Waals surface area (Å²) in [5.74, 6) is -0.319. The lowest BCUT2D eigenvalue weighted by atomic mass is 9.78. The average molecular weight is 334 g/mol. The molecule has 130 valence electrons. The molecule has 8 heteroatoms. The summed E-state index contributed by atoms with van der Waals surface area (Å²) in [4.78, 5) is 24.5. The molecule has 0 bridgehead atoms. The smallest absolute Gasteiger partial charge is 0.269 e. The maximum Gasteiger partial charge on any atom is 0.269 e. The first-order chi connectivity index (χ1) is 11.5. The molecule has 1 aromatic rings. The normalized spacial score (nSPS) is 25.4. The van der Waals surface area contributed by atoms with E-state index in [1.165, 1.54) is 12.1 Å². The van der Waals surface area contributed by atoms with Crippen LogP contribution in [-0.4, -0.2) is 49.2 Å². The number of nitrogens with one attached hydrogen (secondary N) is 1. The van der Waals surface area contributed by atoms with Crippen molar-refractivity contribution in [3.8, 4) is 0 Å². The van der Waals surface area contributed by atoms with Crippen molar-refractivity contribution in [2.75, 3.05) is 37.7 Å². The number of morpholine rings is 1. The van der Waals surface area contributed by atoms with Gasteiger partial charge in [-0.3, -0.25) is 14.9 Å². The maximum absolute atomic E-state index is 12.0. The van der Waals surface area contributed by atoms with Gasteiger partial charge in [-0.05, 0) is 25.0 Å². The number of ether oxygens (including phenoxy) is 1. The van der Waals surface area contributed by atoms with Gasteiger partial charge in [0.05, 0.1) is 11.5 Å². The summed E-state index contributed by atoms with van der Waals surface area (Å²) in [6.45, 7) is 3.22. The number of rotatable bonds is 4. The Bertz CT molecular complexity index is 605. The zero-order chi connectivity index (χ0) is 17.2. The largest absolute Gasteiger partial charge is 0.372 e. The van der Waals surface area contributed by atoms with Crippen LogP contribution in [0.3, 0.4) is 0 Å². The van der Waals surface area contributed by atoms with Crippen LogP contribution >= 0.6 is 0 Å². The lowest BCUT2D eigenvalue weighted by Gasteiger charge is -2.45. The van der Waals surface area contributed by atoms with Gasteiger partial charge in [0.15, 0.2) is 5.60 Å². The molecule has 1 atom stereocenters. The molecule has 3 N–H and O–H groups in total. The van der Waals surface area contributed by atoms with Crippen LogP contribution < -0.4 is 16.0 Å². The van der Waals surface area contributed by atoms with Gasteiger partial charge in [-0.1, -0.05) is 0 Å². The van der Waals surface area contributed by atoms with Crippen molar-refractivity contribution in [1.29, 1.82) is 0 Å². The maximum atomic E-state index is 12.0. The second kappa shape index (κ2) is 6.74. The minimum Gasteiger partial charge on any atom is -0.372 e. The number of amides is 1. The zero-order valence-corrected chi connectivity index (χ0v) is 13.4. The number of anilines is 1. The molecule has 2 aliphatic rings. The number of carbonyl (C=O) groups excluding carboxylic acids is 1. The van der Waals surface area contributed by atoms with E-state index in [2.05, 4.69) is 10.2 Å². The molecule has 0 radical (unpaired) electrons. The van der Waals surface area contributed by atoms with E-state index in [0.717, 1.165) is 38.2 Å². The number of nitro benzene ring substituents is 1. The highest BCUT2D eigenvalue weighted by molar-refractivity contribution is 5.84. The van der Waals surface area contributed by atoms with Crippen molar-refractivity contribution in [2.45, 2.75) is 18.4 Å². The highest BCUT2D eigenvalue weighted by Crippen LogP contribution is 2.34. The Morgan fingerprint density at radius 1 is 1.33 bits per heavy atom. The average Bonchev–Trinajstić information content (AvgIpc) is 2.62. The summed E-state index contributed by atoms with van der Waals surface area (Å²) < 4.78 is 5.82. The molecule has 8 nitrogen and oxygen atoms in total. The molecule has 3 rings (SSSR count). The number of non-ortho nitro benzene ring substituents is 1. The molecule has 1 aromatic carbocycles. The van der Waals surface area contributed by atoms with E-state index in [9.17, 15) is 14.9 Å². The van der Waals surface area contributed by atoms with Gasteiger partial charge < -0.3 is 20.7 Å². The Labute approximate surface area is 140 Å². The minimum atomic E-state index is -0.917. The van der Waals surface area contributed by atoms with Crippen LogP contribution in [-0.2, 0) is 9.53 Å². The highest BCUT2D eigenvalue weighted by Gasteiger charge is 2.47. The van der Waals surface area contributed by atoms with Gasteiger partial charge in [-0.25, -0.2) is 0 Å². The molecule has 2 heterocycles. The van der Waals surface area contributed by atoms with Crippen LogP contribution in [0, 0.1) is 16.0 Å². The van der Waals surface area contributed by atoms with Crippen LogP contribution in [0.25, 0.3) is 0 Å².